The SMILES string of the molecule is C=CCN(CC(=O)N(Cc1ccccc1)Cc1ccc(C)o1)C(=O)CC(C)CC(C)(C)C. The van der Waals surface area contributed by atoms with Gasteiger partial charge in [0.25, 0.3) is 0 Å². The molecule has 0 fully saturated rings. The molecule has 2 amide bonds. The van der Waals surface area contributed by atoms with Gasteiger partial charge in [-0.15, -0.1) is 6.58 Å². The smallest absolute Gasteiger partial charge is 0.242 e. The minimum absolute atomic E-state index is 0.0106. The largest absolute Gasteiger partial charge is 0.464 e. The van der Waals surface area contributed by atoms with Crippen molar-refractivity contribution in [2.45, 2.75) is 60.5 Å². The van der Waals surface area contributed by atoms with Crippen molar-refractivity contribution in [3.63, 3.8) is 0 Å². The van der Waals surface area contributed by atoms with Gasteiger partial charge in [0.1, 0.15) is 18.1 Å². The molecule has 1 aromatic heterocycles. The standard InChI is InChI=1S/C27H38N2O3/c1-7-15-28(25(30)16-21(2)17-27(4,5)6)20-26(31)29(18-23-11-9-8-10-12-23)19-24-14-13-22(3)32-24/h7-14,21H,1,15-20H2,2-6H3. The van der Waals surface area contributed by atoms with Crippen LogP contribution in [0, 0.1) is 18.3 Å². The Hall–Kier alpha value is -2.82. The molecule has 0 spiro atoms. The Morgan fingerprint density at radius 3 is 2.28 bits per heavy atom. The van der Waals surface area contributed by atoms with E-state index in [1.165, 1.54) is 0 Å². The van der Waals surface area contributed by atoms with E-state index in [2.05, 4.69) is 34.3 Å². The molecule has 32 heavy (non-hydrogen) atoms. The van der Waals surface area contributed by atoms with E-state index in [0.29, 0.717) is 26.1 Å². The Balaban J connectivity index is 2.12. The van der Waals surface area contributed by atoms with Crippen LogP contribution in [-0.2, 0) is 22.7 Å². The van der Waals surface area contributed by atoms with Crippen LogP contribution < -0.4 is 0 Å². The lowest BCUT2D eigenvalue weighted by molar-refractivity contribution is -0.141. The lowest BCUT2D eigenvalue weighted by Crippen LogP contribution is -2.43. The van der Waals surface area contributed by atoms with Crippen molar-refractivity contribution >= 4 is 11.8 Å². The molecule has 1 unspecified atom stereocenters. The van der Waals surface area contributed by atoms with Crippen molar-refractivity contribution in [2.24, 2.45) is 11.3 Å². The molecule has 0 saturated carbocycles. The van der Waals surface area contributed by atoms with Crippen LogP contribution in [0.15, 0.2) is 59.5 Å². The summed E-state index contributed by atoms with van der Waals surface area (Å²) in [5, 5.41) is 0. The zero-order chi connectivity index (χ0) is 23.7. The number of furan rings is 1. The van der Waals surface area contributed by atoms with Crippen LogP contribution in [0.4, 0.5) is 0 Å². The predicted octanol–water partition coefficient (Wildman–Crippen LogP) is 5.59. The molecule has 2 rings (SSSR count). The molecule has 1 atom stereocenters. The van der Waals surface area contributed by atoms with E-state index >= 15 is 0 Å². The molecule has 5 nitrogen and oxygen atoms in total. The number of benzene rings is 1. The summed E-state index contributed by atoms with van der Waals surface area (Å²) in [4.78, 5) is 29.7. The van der Waals surface area contributed by atoms with Crippen molar-refractivity contribution in [3.05, 3.63) is 72.2 Å². The maximum atomic E-state index is 13.3. The van der Waals surface area contributed by atoms with Crippen molar-refractivity contribution in [1.82, 2.24) is 9.80 Å². The third-order valence-corrected chi connectivity index (χ3v) is 5.22. The quantitative estimate of drug-likeness (QED) is 0.430. The maximum Gasteiger partial charge on any atom is 0.242 e. The first-order valence-corrected chi connectivity index (χ1v) is 11.3. The highest BCUT2D eigenvalue weighted by Gasteiger charge is 2.24. The molecule has 0 bridgehead atoms. The maximum absolute atomic E-state index is 13.3. The molecule has 174 valence electrons. The van der Waals surface area contributed by atoms with E-state index in [1.807, 2.05) is 49.4 Å². The van der Waals surface area contributed by atoms with Crippen LogP contribution in [0.3, 0.4) is 0 Å². The molecule has 0 aliphatic heterocycles. The van der Waals surface area contributed by atoms with Gasteiger partial charge in [-0.25, -0.2) is 0 Å². The van der Waals surface area contributed by atoms with Gasteiger partial charge < -0.3 is 14.2 Å². The van der Waals surface area contributed by atoms with Gasteiger partial charge >= 0.3 is 0 Å². The second kappa shape index (κ2) is 11.7. The normalized spacial score (nSPS) is 12.3. The number of nitrogens with zero attached hydrogens (tertiary/aromatic N) is 2. The highest BCUT2D eigenvalue weighted by molar-refractivity contribution is 5.85. The third kappa shape index (κ3) is 8.74. The zero-order valence-corrected chi connectivity index (χ0v) is 20.3. The predicted molar refractivity (Wildman–Crippen MR) is 129 cm³/mol. The summed E-state index contributed by atoms with van der Waals surface area (Å²) in [5.41, 5.74) is 1.19. The Morgan fingerprint density at radius 2 is 1.72 bits per heavy atom. The van der Waals surface area contributed by atoms with E-state index in [1.54, 1.807) is 15.9 Å². The van der Waals surface area contributed by atoms with E-state index < -0.39 is 0 Å². The summed E-state index contributed by atoms with van der Waals surface area (Å²) >= 11 is 0. The molecule has 2 aromatic rings. The Morgan fingerprint density at radius 1 is 1.03 bits per heavy atom. The van der Waals surface area contributed by atoms with Gasteiger partial charge in [-0.1, -0.05) is 64.1 Å². The first kappa shape index (κ1) is 25.4. The van der Waals surface area contributed by atoms with Crippen LogP contribution in [0.1, 0.15) is 57.6 Å². The van der Waals surface area contributed by atoms with Gasteiger partial charge in [-0.05, 0) is 42.4 Å². The van der Waals surface area contributed by atoms with Crippen LogP contribution in [-0.4, -0.2) is 34.7 Å². The number of carbonyl (C=O) groups is 2. The van der Waals surface area contributed by atoms with E-state index in [0.717, 1.165) is 23.5 Å². The summed E-state index contributed by atoms with van der Waals surface area (Å²) in [6.45, 7) is 15.5. The number of carbonyl (C=O) groups excluding carboxylic acids is 2. The Kier molecular flexibility index (Phi) is 9.30. The average molecular weight is 439 g/mol. The highest BCUT2D eigenvalue weighted by atomic mass is 16.3. The van der Waals surface area contributed by atoms with Gasteiger partial charge in [0, 0.05) is 19.5 Å². The molecule has 0 saturated heterocycles. The molecule has 1 aromatic carbocycles. The number of aryl methyl sites for hydroxylation is 1. The fourth-order valence-corrected chi connectivity index (χ4v) is 4.01. The molecule has 0 aliphatic rings. The van der Waals surface area contributed by atoms with Crippen molar-refractivity contribution in [1.29, 1.82) is 0 Å². The van der Waals surface area contributed by atoms with Crippen LogP contribution >= 0.6 is 0 Å². The number of amides is 2. The fraction of sp³-hybridized carbons (Fsp3) is 0.481. The summed E-state index contributed by atoms with van der Waals surface area (Å²) in [5.74, 6) is 1.66. The van der Waals surface area contributed by atoms with Gasteiger partial charge in [-0.3, -0.25) is 9.59 Å². The molecular weight excluding hydrogens is 400 g/mol. The molecule has 0 aliphatic carbocycles. The van der Waals surface area contributed by atoms with Gasteiger partial charge in [0.2, 0.25) is 11.8 Å². The monoisotopic (exact) mass is 438 g/mol. The van der Waals surface area contributed by atoms with Crippen LogP contribution in [0.5, 0.6) is 0 Å². The molecule has 0 radical (unpaired) electrons. The number of rotatable bonds is 11. The molecular formula is C27H38N2O3. The number of hydrogen-bond acceptors (Lipinski definition) is 3. The second-order valence-corrected chi connectivity index (χ2v) is 9.88. The van der Waals surface area contributed by atoms with Crippen molar-refractivity contribution < 1.29 is 14.0 Å². The second-order valence-electron chi connectivity index (χ2n) is 9.88. The lowest BCUT2D eigenvalue weighted by Gasteiger charge is -2.28. The van der Waals surface area contributed by atoms with Crippen LogP contribution in [0.2, 0.25) is 0 Å². The molecule has 5 heteroatoms. The van der Waals surface area contributed by atoms with Crippen molar-refractivity contribution in [2.75, 3.05) is 13.1 Å². The van der Waals surface area contributed by atoms with E-state index in [-0.39, 0.29) is 29.7 Å². The summed E-state index contributed by atoms with van der Waals surface area (Å²) in [7, 11) is 0. The highest BCUT2D eigenvalue weighted by Crippen LogP contribution is 2.26. The Bertz CT molecular complexity index is 880. The Labute approximate surface area is 193 Å². The summed E-state index contributed by atoms with van der Waals surface area (Å²) in [6.07, 6.45) is 3.05. The van der Waals surface area contributed by atoms with Crippen LogP contribution in [0.25, 0.3) is 0 Å². The van der Waals surface area contributed by atoms with Gasteiger partial charge in [0.05, 0.1) is 6.54 Å². The topological polar surface area (TPSA) is 53.8 Å². The number of hydrogen-bond donors (Lipinski definition) is 0. The zero-order valence-electron chi connectivity index (χ0n) is 20.3. The lowest BCUT2D eigenvalue weighted by atomic mass is 9.84. The summed E-state index contributed by atoms with van der Waals surface area (Å²) < 4.78 is 5.71. The molecule has 0 N–H and O–H groups in total. The first-order chi connectivity index (χ1) is 15.1. The van der Waals surface area contributed by atoms with E-state index in [9.17, 15) is 9.59 Å². The van der Waals surface area contributed by atoms with Crippen molar-refractivity contribution in [3.8, 4) is 0 Å². The fourth-order valence-electron chi connectivity index (χ4n) is 4.01. The summed E-state index contributed by atoms with van der Waals surface area (Å²) in [6, 6.07) is 13.6. The molecule has 1 heterocycles. The average Bonchev–Trinajstić information content (AvgIpc) is 3.11. The van der Waals surface area contributed by atoms with Gasteiger partial charge in [0.15, 0.2) is 0 Å². The minimum Gasteiger partial charge on any atom is -0.464 e. The minimum atomic E-state index is -0.110. The first-order valence-electron chi connectivity index (χ1n) is 11.3. The van der Waals surface area contributed by atoms with Gasteiger partial charge in [-0.2, -0.15) is 0 Å². The third-order valence-electron chi connectivity index (χ3n) is 5.22. The van der Waals surface area contributed by atoms with E-state index in [4.69, 9.17) is 4.42 Å².